The van der Waals surface area contributed by atoms with Gasteiger partial charge in [-0.25, -0.2) is 0 Å². The van der Waals surface area contributed by atoms with Gasteiger partial charge in [0.25, 0.3) is 7.37 Å². The zero-order valence-electron chi connectivity index (χ0n) is 14.1. The van der Waals surface area contributed by atoms with Crippen molar-refractivity contribution in [2.75, 3.05) is 12.8 Å². The summed E-state index contributed by atoms with van der Waals surface area (Å²) in [5, 5.41) is 11.1. The summed E-state index contributed by atoms with van der Waals surface area (Å²) in [4.78, 5) is 0. The average Bonchev–Trinajstić information content (AvgIpc) is 2.67. The fourth-order valence-electron chi connectivity index (χ4n) is 3.15. The first-order valence-corrected chi connectivity index (χ1v) is 10.3. The van der Waals surface area contributed by atoms with Crippen molar-refractivity contribution in [1.29, 1.82) is 0 Å². The van der Waals surface area contributed by atoms with Crippen LogP contribution in [0.25, 0.3) is 11.1 Å². The molecule has 2 unspecified atom stereocenters. The summed E-state index contributed by atoms with van der Waals surface area (Å²) in [7, 11) is -3.24. The normalized spacial score (nSPS) is 19.0. The highest BCUT2D eigenvalue weighted by molar-refractivity contribution is 7.67. The van der Waals surface area contributed by atoms with Crippen molar-refractivity contribution in [2.45, 2.75) is 6.10 Å². The lowest BCUT2D eigenvalue weighted by Crippen LogP contribution is -2.28. The highest BCUT2D eigenvalue weighted by Crippen LogP contribution is 2.54. The quantitative estimate of drug-likeness (QED) is 0.691. The topological polar surface area (TPSA) is 55.8 Å². The molecule has 0 amide bonds. The molecule has 0 saturated heterocycles. The first-order valence-electron chi connectivity index (χ1n) is 8.49. The predicted octanol–water partition coefficient (Wildman–Crippen LogP) is 4.09. The van der Waals surface area contributed by atoms with Crippen LogP contribution in [-0.2, 0) is 4.57 Å². The lowest BCUT2D eigenvalue weighted by atomic mass is 10.0. The van der Waals surface area contributed by atoms with E-state index in [0.29, 0.717) is 16.8 Å². The molecule has 1 aliphatic rings. The van der Waals surface area contributed by atoms with E-state index in [9.17, 15) is 9.67 Å². The number of aliphatic hydroxyl groups excluding tert-OH is 1. The maximum Gasteiger partial charge on any atom is 0.280 e. The summed E-state index contributed by atoms with van der Waals surface area (Å²) in [6, 6.07) is 24.3. The van der Waals surface area contributed by atoms with Crippen molar-refractivity contribution in [3.05, 3.63) is 78.9 Å². The van der Waals surface area contributed by atoms with E-state index < -0.39 is 13.5 Å². The van der Waals surface area contributed by atoms with E-state index in [0.717, 1.165) is 11.1 Å². The first kappa shape index (κ1) is 16.9. The monoisotopic (exact) mass is 366 g/mol. The Morgan fingerprint density at radius 2 is 1.54 bits per heavy atom. The molecule has 1 heterocycles. The Bertz CT molecular complexity index is 955. The van der Waals surface area contributed by atoms with Crippen LogP contribution in [0.3, 0.4) is 0 Å². The molecule has 0 aliphatic carbocycles. The van der Waals surface area contributed by atoms with Crippen LogP contribution in [0.2, 0.25) is 0 Å². The molecule has 26 heavy (non-hydrogen) atoms. The van der Waals surface area contributed by atoms with Gasteiger partial charge in [0.1, 0.15) is 18.1 Å². The first-order chi connectivity index (χ1) is 12.7. The minimum atomic E-state index is -3.24. The van der Waals surface area contributed by atoms with Crippen LogP contribution in [0.1, 0.15) is 0 Å². The van der Waals surface area contributed by atoms with Gasteiger partial charge in [-0.3, -0.25) is 4.57 Å². The summed E-state index contributed by atoms with van der Waals surface area (Å²) in [5.74, 6) is 1.26. The molecule has 1 aliphatic heterocycles. The lowest BCUT2D eigenvalue weighted by Gasteiger charge is -2.29. The maximum absolute atomic E-state index is 13.6. The third-order valence-corrected chi connectivity index (χ3v) is 6.85. The highest BCUT2D eigenvalue weighted by Gasteiger charge is 2.37. The second-order valence-electron chi connectivity index (χ2n) is 6.24. The summed E-state index contributed by atoms with van der Waals surface area (Å²) < 4.78 is 25.1. The molecule has 1 N–H and O–H groups in total. The molecule has 3 aromatic carbocycles. The minimum absolute atomic E-state index is 0.00514. The van der Waals surface area contributed by atoms with Gasteiger partial charge in [-0.2, -0.15) is 0 Å². The zero-order valence-corrected chi connectivity index (χ0v) is 15.0. The number of benzene rings is 3. The Morgan fingerprint density at radius 1 is 0.885 bits per heavy atom. The summed E-state index contributed by atoms with van der Waals surface area (Å²) in [6.45, 7) is 0.0567. The van der Waals surface area contributed by atoms with E-state index in [1.165, 1.54) is 0 Å². The summed E-state index contributed by atoms with van der Waals surface area (Å²) >= 11 is 0. The smallest absolute Gasteiger partial charge is 0.280 e. The maximum atomic E-state index is 13.6. The molecule has 2 atom stereocenters. The Kier molecular flexibility index (Phi) is 4.54. The number of fused-ring (bicyclic) bond motifs is 3. The third kappa shape index (κ3) is 3.26. The van der Waals surface area contributed by atoms with E-state index in [2.05, 4.69) is 0 Å². The largest absolute Gasteiger partial charge is 0.491 e. The van der Waals surface area contributed by atoms with Crippen LogP contribution in [0.5, 0.6) is 11.5 Å². The van der Waals surface area contributed by atoms with E-state index in [4.69, 9.17) is 9.26 Å². The number of hydrogen-bond acceptors (Lipinski definition) is 4. The van der Waals surface area contributed by atoms with Crippen molar-refractivity contribution < 1.29 is 18.9 Å². The van der Waals surface area contributed by atoms with Gasteiger partial charge in [0.15, 0.2) is 0 Å². The fraction of sp³-hybridized carbons (Fsp3) is 0.143. The van der Waals surface area contributed by atoms with Crippen molar-refractivity contribution in [3.63, 3.8) is 0 Å². The second-order valence-corrected chi connectivity index (χ2v) is 8.61. The van der Waals surface area contributed by atoms with Gasteiger partial charge in [-0.05, 0) is 29.8 Å². The molecule has 0 radical (unpaired) electrons. The van der Waals surface area contributed by atoms with Gasteiger partial charge in [0, 0.05) is 5.56 Å². The van der Waals surface area contributed by atoms with E-state index in [1.807, 2.05) is 78.9 Å². The Hall–Kier alpha value is -2.55. The number of ether oxygens (including phenoxy) is 1. The standard InChI is InChI=1S/C21H19O4P/c22-16(14-24-17-8-2-1-3-9-17)15-26(23)21-13-7-5-11-19(21)18-10-4-6-12-20(18)25-26/h1-13,16,22H,14-15H2. The molecule has 0 saturated carbocycles. The van der Waals surface area contributed by atoms with Gasteiger partial charge in [-0.1, -0.05) is 54.6 Å². The van der Waals surface area contributed by atoms with Crippen LogP contribution >= 0.6 is 7.37 Å². The average molecular weight is 366 g/mol. The fourth-order valence-corrected chi connectivity index (χ4v) is 5.53. The van der Waals surface area contributed by atoms with Crippen LogP contribution in [-0.4, -0.2) is 24.0 Å². The second kappa shape index (κ2) is 6.99. The SMILES string of the molecule is O=P1(CC(O)COc2ccccc2)Oc2ccccc2-c2ccccc21. The minimum Gasteiger partial charge on any atom is -0.491 e. The molecule has 0 bridgehead atoms. The molecule has 4 rings (SSSR count). The van der Waals surface area contributed by atoms with Crippen molar-refractivity contribution >= 4 is 12.7 Å². The van der Waals surface area contributed by atoms with Gasteiger partial charge >= 0.3 is 0 Å². The van der Waals surface area contributed by atoms with Gasteiger partial charge in [0.2, 0.25) is 0 Å². The Balaban J connectivity index is 1.57. The van der Waals surface area contributed by atoms with Gasteiger partial charge in [0.05, 0.1) is 17.6 Å². The Morgan fingerprint density at radius 3 is 2.35 bits per heavy atom. The van der Waals surface area contributed by atoms with Crippen LogP contribution in [0.4, 0.5) is 0 Å². The highest BCUT2D eigenvalue weighted by atomic mass is 31.2. The Labute approximate surface area is 152 Å². The molecular weight excluding hydrogens is 347 g/mol. The van der Waals surface area contributed by atoms with Gasteiger partial charge in [-0.15, -0.1) is 0 Å². The molecule has 5 heteroatoms. The van der Waals surface area contributed by atoms with E-state index >= 15 is 0 Å². The number of para-hydroxylation sites is 2. The summed E-state index contributed by atoms with van der Waals surface area (Å²) in [6.07, 6.45) is -0.898. The number of aliphatic hydroxyl groups is 1. The van der Waals surface area contributed by atoms with Crippen LogP contribution < -0.4 is 14.6 Å². The van der Waals surface area contributed by atoms with Crippen molar-refractivity contribution in [3.8, 4) is 22.6 Å². The molecule has 132 valence electrons. The van der Waals surface area contributed by atoms with Crippen LogP contribution in [0, 0.1) is 0 Å². The molecule has 3 aromatic rings. The molecular formula is C21H19O4P. The van der Waals surface area contributed by atoms with E-state index in [1.54, 1.807) is 0 Å². The van der Waals surface area contributed by atoms with Crippen LogP contribution in [0.15, 0.2) is 78.9 Å². The molecule has 4 nitrogen and oxygen atoms in total. The van der Waals surface area contributed by atoms with Gasteiger partial charge < -0.3 is 14.4 Å². The van der Waals surface area contributed by atoms with Crippen molar-refractivity contribution in [1.82, 2.24) is 0 Å². The lowest BCUT2D eigenvalue weighted by molar-refractivity contribution is 0.123. The molecule has 0 fully saturated rings. The number of rotatable bonds is 5. The molecule has 0 spiro atoms. The zero-order chi connectivity index (χ0) is 18.0. The summed E-state index contributed by atoms with van der Waals surface area (Å²) in [5.41, 5.74) is 1.82. The predicted molar refractivity (Wildman–Crippen MR) is 103 cm³/mol. The number of hydrogen-bond donors (Lipinski definition) is 1. The molecule has 0 aromatic heterocycles. The van der Waals surface area contributed by atoms with Crippen molar-refractivity contribution in [2.24, 2.45) is 0 Å². The van der Waals surface area contributed by atoms with E-state index in [-0.39, 0.29) is 12.8 Å². The third-order valence-electron chi connectivity index (χ3n) is 4.33.